The zero-order valence-electron chi connectivity index (χ0n) is 16.8. The van der Waals surface area contributed by atoms with Crippen molar-refractivity contribution in [3.63, 3.8) is 0 Å². The molecule has 4 aromatic rings. The Balaban J connectivity index is 1.41. The Bertz CT molecular complexity index is 1170. The van der Waals surface area contributed by atoms with Gasteiger partial charge in [0.15, 0.2) is 5.69 Å². The number of rotatable bonds is 7. The third kappa shape index (κ3) is 5.14. The number of pyridine rings is 1. The van der Waals surface area contributed by atoms with Gasteiger partial charge in [0.25, 0.3) is 5.91 Å². The number of ether oxygens (including phenoxy) is 1. The Morgan fingerprint density at radius 3 is 2.55 bits per heavy atom. The summed E-state index contributed by atoms with van der Waals surface area (Å²) in [4.78, 5) is 16.8. The predicted molar refractivity (Wildman–Crippen MR) is 113 cm³/mol. The predicted octanol–water partition coefficient (Wildman–Crippen LogP) is 4.94. The summed E-state index contributed by atoms with van der Waals surface area (Å²) in [5.74, 6) is 0.0208. The highest BCUT2D eigenvalue weighted by molar-refractivity contribution is 6.03. The van der Waals surface area contributed by atoms with Crippen LogP contribution in [0.3, 0.4) is 0 Å². The van der Waals surface area contributed by atoms with E-state index in [0.717, 1.165) is 17.5 Å². The molecule has 0 aliphatic heterocycles. The molecule has 0 atom stereocenters. The fourth-order valence-corrected chi connectivity index (χ4v) is 3.08. The molecule has 2 aromatic carbocycles. The largest absolute Gasteiger partial charge is 0.489 e. The fourth-order valence-electron chi connectivity index (χ4n) is 3.08. The molecule has 0 fully saturated rings. The summed E-state index contributed by atoms with van der Waals surface area (Å²) in [6.07, 6.45) is 4.31. The van der Waals surface area contributed by atoms with Gasteiger partial charge in [-0.05, 0) is 60.9 Å². The van der Waals surface area contributed by atoms with Crippen molar-refractivity contribution in [2.24, 2.45) is 0 Å². The summed E-state index contributed by atoms with van der Waals surface area (Å²) in [7, 11) is 0. The lowest BCUT2D eigenvalue weighted by molar-refractivity contribution is 0.101. The van der Waals surface area contributed by atoms with Crippen LogP contribution in [0.4, 0.5) is 10.1 Å². The van der Waals surface area contributed by atoms with Crippen LogP contribution in [0.15, 0.2) is 77.6 Å². The Labute approximate surface area is 178 Å². The number of nitrogens with one attached hydrogen (secondary N) is 1. The summed E-state index contributed by atoms with van der Waals surface area (Å²) in [5, 5.41) is 6.69. The van der Waals surface area contributed by atoms with Crippen molar-refractivity contribution in [2.75, 3.05) is 5.32 Å². The average molecular weight is 417 g/mol. The van der Waals surface area contributed by atoms with Crippen LogP contribution in [0, 0.1) is 12.7 Å². The van der Waals surface area contributed by atoms with Crippen LogP contribution in [0.2, 0.25) is 0 Å². The number of anilines is 1. The summed E-state index contributed by atoms with van der Waals surface area (Å²) in [5.41, 5.74) is 3.56. The Morgan fingerprint density at radius 2 is 1.81 bits per heavy atom. The number of carbonyl (C=O) groups is 1. The summed E-state index contributed by atoms with van der Waals surface area (Å²) >= 11 is 0. The normalized spacial score (nSPS) is 10.6. The first-order valence-corrected chi connectivity index (χ1v) is 9.71. The monoisotopic (exact) mass is 417 g/mol. The van der Waals surface area contributed by atoms with E-state index in [-0.39, 0.29) is 12.3 Å². The van der Waals surface area contributed by atoms with Gasteiger partial charge in [0.1, 0.15) is 23.9 Å². The smallest absolute Gasteiger partial charge is 0.278 e. The van der Waals surface area contributed by atoms with E-state index in [1.54, 1.807) is 31.5 Å². The van der Waals surface area contributed by atoms with E-state index in [1.807, 2.05) is 36.4 Å². The van der Waals surface area contributed by atoms with E-state index in [0.29, 0.717) is 22.8 Å². The molecule has 31 heavy (non-hydrogen) atoms. The quantitative estimate of drug-likeness (QED) is 0.461. The SMILES string of the molecule is Cc1onc(C(=O)Nc2ccc(Cc3ccncc3)cc2)c1COc1cccc(F)c1. The van der Waals surface area contributed by atoms with Gasteiger partial charge in [0.05, 0.1) is 5.56 Å². The summed E-state index contributed by atoms with van der Waals surface area (Å²) in [6.45, 7) is 1.73. The molecule has 2 aromatic heterocycles. The van der Waals surface area contributed by atoms with Gasteiger partial charge in [-0.25, -0.2) is 4.39 Å². The van der Waals surface area contributed by atoms with Gasteiger partial charge in [-0.1, -0.05) is 23.4 Å². The molecule has 1 N–H and O–H groups in total. The number of aryl methyl sites for hydroxylation is 1. The maximum absolute atomic E-state index is 13.3. The number of hydrogen-bond donors (Lipinski definition) is 1. The Hall–Kier alpha value is -4.00. The summed E-state index contributed by atoms with van der Waals surface area (Å²) < 4.78 is 24.1. The highest BCUT2D eigenvalue weighted by Crippen LogP contribution is 2.20. The first-order valence-electron chi connectivity index (χ1n) is 9.71. The number of aromatic nitrogens is 2. The number of carbonyl (C=O) groups excluding carboxylic acids is 1. The van der Waals surface area contributed by atoms with Crippen molar-refractivity contribution in [3.8, 4) is 5.75 Å². The highest BCUT2D eigenvalue weighted by atomic mass is 19.1. The molecule has 0 spiro atoms. The van der Waals surface area contributed by atoms with Crippen LogP contribution in [-0.2, 0) is 13.0 Å². The zero-order chi connectivity index (χ0) is 21.6. The lowest BCUT2D eigenvalue weighted by Gasteiger charge is -2.08. The van der Waals surface area contributed by atoms with Crippen molar-refractivity contribution in [2.45, 2.75) is 20.0 Å². The molecule has 4 rings (SSSR count). The van der Waals surface area contributed by atoms with Crippen molar-refractivity contribution in [1.82, 2.24) is 10.1 Å². The van der Waals surface area contributed by atoms with Crippen LogP contribution < -0.4 is 10.1 Å². The molecular formula is C24H20FN3O3. The molecule has 0 aliphatic rings. The van der Waals surface area contributed by atoms with Crippen molar-refractivity contribution < 1.29 is 18.4 Å². The molecular weight excluding hydrogens is 397 g/mol. The average Bonchev–Trinajstić information content (AvgIpc) is 3.15. The third-order valence-electron chi connectivity index (χ3n) is 4.75. The number of benzene rings is 2. The molecule has 0 aliphatic carbocycles. The minimum absolute atomic E-state index is 0.0341. The van der Waals surface area contributed by atoms with E-state index in [2.05, 4.69) is 15.5 Å². The first-order chi connectivity index (χ1) is 15.1. The zero-order valence-corrected chi connectivity index (χ0v) is 16.8. The van der Waals surface area contributed by atoms with Gasteiger partial charge in [-0.2, -0.15) is 0 Å². The molecule has 0 saturated heterocycles. The molecule has 0 saturated carbocycles. The second-order valence-electron chi connectivity index (χ2n) is 7.00. The Kier molecular flexibility index (Phi) is 6.03. The molecule has 0 radical (unpaired) electrons. The molecule has 1 amide bonds. The molecule has 156 valence electrons. The minimum atomic E-state index is -0.406. The molecule has 0 unspecified atom stereocenters. The summed E-state index contributed by atoms with van der Waals surface area (Å²) in [6, 6.07) is 17.3. The van der Waals surface area contributed by atoms with Gasteiger partial charge in [0.2, 0.25) is 0 Å². The number of nitrogens with zero attached hydrogens (tertiary/aromatic N) is 2. The number of halogens is 1. The van der Waals surface area contributed by atoms with Crippen LogP contribution in [0.1, 0.15) is 32.9 Å². The number of amides is 1. The number of hydrogen-bond acceptors (Lipinski definition) is 5. The van der Waals surface area contributed by atoms with Crippen LogP contribution >= 0.6 is 0 Å². The highest BCUT2D eigenvalue weighted by Gasteiger charge is 2.20. The van der Waals surface area contributed by atoms with Crippen LogP contribution in [0.5, 0.6) is 5.75 Å². The van der Waals surface area contributed by atoms with Crippen molar-refractivity contribution in [1.29, 1.82) is 0 Å². The van der Waals surface area contributed by atoms with Crippen molar-refractivity contribution in [3.05, 3.63) is 107 Å². The minimum Gasteiger partial charge on any atom is -0.489 e. The fraction of sp³-hybridized carbons (Fsp3) is 0.125. The van der Waals surface area contributed by atoms with Gasteiger partial charge in [-0.3, -0.25) is 9.78 Å². The maximum atomic E-state index is 13.3. The van der Waals surface area contributed by atoms with Gasteiger partial charge in [-0.15, -0.1) is 0 Å². The van der Waals surface area contributed by atoms with Gasteiger partial charge in [0, 0.05) is 24.1 Å². The van der Waals surface area contributed by atoms with E-state index in [1.165, 1.54) is 12.1 Å². The third-order valence-corrected chi connectivity index (χ3v) is 4.75. The molecule has 6 nitrogen and oxygen atoms in total. The standard InChI is InChI=1S/C24H20FN3O3/c1-16-22(15-30-21-4-2-3-19(25)14-21)23(28-31-16)24(29)27-20-7-5-17(6-8-20)13-18-9-11-26-12-10-18/h2-12,14H,13,15H2,1H3,(H,27,29). The Morgan fingerprint density at radius 1 is 1.06 bits per heavy atom. The second kappa shape index (κ2) is 9.21. The molecule has 7 heteroatoms. The van der Waals surface area contributed by atoms with Crippen LogP contribution in [0.25, 0.3) is 0 Å². The van der Waals surface area contributed by atoms with Crippen LogP contribution in [-0.4, -0.2) is 16.0 Å². The van der Waals surface area contributed by atoms with E-state index >= 15 is 0 Å². The topological polar surface area (TPSA) is 77.3 Å². The van der Waals surface area contributed by atoms with Gasteiger partial charge >= 0.3 is 0 Å². The lowest BCUT2D eigenvalue weighted by Crippen LogP contribution is -2.15. The molecule has 2 heterocycles. The van der Waals surface area contributed by atoms with E-state index in [4.69, 9.17) is 9.26 Å². The molecule has 0 bridgehead atoms. The van der Waals surface area contributed by atoms with E-state index < -0.39 is 11.7 Å². The lowest BCUT2D eigenvalue weighted by atomic mass is 10.1. The van der Waals surface area contributed by atoms with Gasteiger partial charge < -0.3 is 14.6 Å². The first kappa shape index (κ1) is 20.3. The van der Waals surface area contributed by atoms with Crippen molar-refractivity contribution >= 4 is 11.6 Å². The maximum Gasteiger partial charge on any atom is 0.278 e. The van der Waals surface area contributed by atoms with E-state index in [9.17, 15) is 9.18 Å². The second-order valence-corrected chi connectivity index (χ2v) is 7.00.